The zero-order valence-electron chi connectivity index (χ0n) is 12.7. The van der Waals surface area contributed by atoms with Crippen LogP contribution in [0.2, 0.25) is 0 Å². The van der Waals surface area contributed by atoms with E-state index in [0.717, 1.165) is 13.1 Å². The summed E-state index contributed by atoms with van der Waals surface area (Å²) in [5.74, 6) is 0. The number of hydrogen-bond donors (Lipinski definition) is 2. The van der Waals surface area contributed by atoms with Gasteiger partial charge in [-0.25, -0.2) is 0 Å². The van der Waals surface area contributed by atoms with Gasteiger partial charge in [-0.1, -0.05) is 19.8 Å². The Balaban J connectivity index is 2.38. The molecule has 1 fully saturated rings. The third-order valence-corrected chi connectivity index (χ3v) is 3.78. The van der Waals surface area contributed by atoms with E-state index in [-0.39, 0.29) is 11.6 Å². The van der Waals surface area contributed by atoms with Gasteiger partial charge in [0.15, 0.2) is 0 Å². The van der Waals surface area contributed by atoms with Crippen molar-refractivity contribution in [2.75, 3.05) is 19.6 Å². The van der Waals surface area contributed by atoms with E-state index >= 15 is 0 Å². The van der Waals surface area contributed by atoms with Crippen LogP contribution < -0.4 is 5.32 Å². The van der Waals surface area contributed by atoms with Crippen molar-refractivity contribution in [1.82, 2.24) is 10.2 Å². The first-order chi connectivity index (χ1) is 8.42. The number of nitrogens with zero attached hydrogens (tertiary/aromatic N) is 1. The molecule has 0 aromatic rings. The maximum absolute atomic E-state index is 10.2. The third kappa shape index (κ3) is 6.17. The molecular formula is C15H32N2O. The number of aliphatic hydroxyl groups is 1. The summed E-state index contributed by atoms with van der Waals surface area (Å²) >= 11 is 0. The zero-order valence-corrected chi connectivity index (χ0v) is 12.7. The average molecular weight is 256 g/mol. The molecule has 2 N–H and O–H groups in total. The summed E-state index contributed by atoms with van der Waals surface area (Å²) in [6, 6.07) is 0.678. The first-order valence-electron chi connectivity index (χ1n) is 7.59. The van der Waals surface area contributed by atoms with Gasteiger partial charge in [0.2, 0.25) is 0 Å². The van der Waals surface area contributed by atoms with Crippen LogP contribution in [-0.2, 0) is 0 Å². The van der Waals surface area contributed by atoms with Gasteiger partial charge in [0, 0.05) is 24.7 Å². The molecule has 0 aliphatic carbocycles. The van der Waals surface area contributed by atoms with Crippen molar-refractivity contribution in [3.8, 4) is 0 Å². The Morgan fingerprint density at radius 2 is 2.00 bits per heavy atom. The van der Waals surface area contributed by atoms with Crippen molar-refractivity contribution in [2.45, 2.75) is 77.5 Å². The van der Waals surface area contributed by atoms with Crippen LogP contribution in [-0.4, -0.2) is 47.3 Å². The molecule has 3 heteroatoms. The van der Waals surface area contributed by atoms with Gasteiger partial charge >= 0.3 is 0 Å². The van der Waals surface area contributed by atoms with Gasteiger partial charge in [-0.05, 0) is 46.6 Å². The molecule has 1 aliphatic heterocycles. The minimum absolute atomic E-state index is 0.0872. The summed E-state index contributed by atoms with van der Waals surface area (Å²) in [7, 11) is 0. The van der Waals surface area contributed by atoms with E-state index < -0.39 is 0 Å². The van der Waals surface area contributed by atoms with Gasteiger partial charge in [-0.2, -0.15) is 0 Å². The van der Waals surface area contributed by atoms with Crippen molar-refractivity contribution in [1.29, 1.82) is 0 Å². The number of nitrogens with one attached hydrogen (secondary N) is 1. The summed E-state index contributed by atoms with van der Waals surface area (Å²) < 4.78 is 0. The first kappa shape index (κ1) is 15.9. The van der Waals surface area contributed by atoms with E-state index in [0.29, 0.717) is 12.6 Å². The maximum Gasteiger partial charge on any atom is 0.0791 e. The lowest BCUT2D eigenvalue weighted by atomic mass is 10.1. The van der Waals surface area contributed by atoms with Gasteiger partial charge in [-0.15, -0.1) is 0 Å². The Kier molecular flexibility index (Phi) is 6.61. The van der Waals surface area contributed by atoms with E-state index in [9.17, 15) is 5.11 Å². The lowest BCUT2D eigenvalue weighted by Crippen LogP contribution is -2.47. The molecule has 1 rings (SSSR count). The molecule has 0 spiro atoms. The molecule has 1 heterocycles. The van der Waals surface area contributed by atoms with Gasteiger partial charge in [0.1, 0.15) is 0 Å². The fourth-order valence-electron chi connectivity index (χ4n) is 2.70. The molecule has 0 bridgehead atoms. The van der Waals surface area contributed by atoms with Crippen LogP contribution in [0, 0.1) is 0 Å². The van der Waals surface area contributed by atoms with Crippen LogP contribution >= 0.6 is 0 Å². The Bertz CT molecular complexity index is 225. The molecule has 1 aliphatic rings. The molecule has 2 atom stereocenters. The normalized spacial score (nSPS) is 24.8. The van der Waals surface area contributed by atoms with E-state index in [1.807, 2.05) is 0 Å². The first-order valence-corrected chi connectivity index (χ1v) is 7.59. The molecule has 0 amide bonds. The molecule has 1 saturated heterocycles. The standard InChI is InChI=1S/C15H32N2O/c1-5-13-9-7-6-8-10-17(13)12-14(18)11-16-15(2,3)4/h13-14,16,18H,5-12H2,1-4H3. The van der Waals surface area contributed by atoms with E-state index in [2.05, 4.69) is 37.9 Å². The van der Waals surface area contributed by atoms with Crippen molar-refractivity contribution in [2.24, 2.45) is 0 Å². The SMILES string of the molecule is CCC1CCCCCN1CC(O)CNC(C)(C)C. The maximum atomic E-state index is 10.2. The highest BCUT2D eigenvalue weighted by molar-refractivity contribution is 4.79. The van der Waals surface area contributed by atoms with Crippen LogP contribution in [0.15, 0.2) is 0 Å². The molecule has 2 unspecified atom stereocenters. The van der Waals surface area contributed by atoms with E-state index in [1.54, 1.807) is 0 Å². The predicted octanol–water partition coefficient (Wildman–Crippen LogP) is 2.39. The van der Waals surface area contributed by atoms with Crippen LogP contribution in [0.5, 0.6) is 0 Å². The topological polar surface area (TPSA) is 35.5 Å². The van der Waals surface area contributed by atoms with Crippen molar-refractivity contribution < 1.29 is 5.11 Å². The number of hydrogen-bond acceptors (Lipinski definition) is 3. The summed E-state index contributed by atoms with van der Waals surface area (Å²) in [6.45, 7) is 11.4. The predicted molar refractivity (Wildman–Crippen MR) is 77.9 cm³/mol. The van der Waals surface area contributed by atoms with Gasteiger partial charge in [0.05, 0.1) is 6.10 Å². The minimum Gasteiger partial charge on any atom is -0.390 e. The van der Waals surface area contributed by atoms with Crippen LogP contribution in [0.1, 0.15) is 59.8 Å². The molecule has 108 valence electrons. The third-order valence-electron chi connectivity index (χ3n) is 3.78. The minimum atomic E-state index is -0.253. The largest absolute Gasteiger partial charge is 0.390 e. The average Bonchev–Trinajstić information content (AvgIpc) is 2.50. The lowest BCUT2D eigenvalue weighted by Gasteiger charge is -2.32. The molecule has 0 aromatic carbocycles. The fourth-order valence-corrected chi connectivity index (χ4v) is 2.70. The van der Waals surface area contributed by atoms with E-state index in [4.69, 9.17) is 0 Å². The summed E-state index contributed by atoms with van der Waals surface area (Å²) in [5.41, 5.74) is 0.0872. The number of aliphatic hydroxyl groups excluding tert-OH is 1. The van der Waals surface area contributed by atoms with E-state index in [1.165, 1.54) is 32.1 Å². The van der Waals surface area contributed by atoms with Gasteiger partial charge < -0.3 is 10.4 Å². The summed E-state index contributed by atoms with van der Waals surface area (Å²) in [6.07, 6.45) is 6.25. The molecule has 0 radical (unpaired) electrons. The Morgan fingerprint density at radius 1 is 1.28 bits per heavy atom. The van der Waals surface area contributed by atoms with Crippen LogP contribution in [0.4, 0.5) is 0 Å². The molecule has 18 heavy (non-hydrogen) atoms. The number of rotatable bonds is 5. The van der Waals surface area contributed by atoms with Crippen molar-refractivity contribution in [3.63, 3.8) is 0 Å². The zero-order chi connectivity index (χ0) is 13.6. The van der Waals surface area contributed by atoms with Crippen molar-refractivity contribution in [3.05, 3.63) is 0 Å². The smallest absolute Gasteiger partial charge is 0.0791 e. The quantitative estimate of drug-likeness (QED) is 0.793. The molecule has 0 saturated carbocycles. The summed E-state index contributed by atoms with van der Waals surface area (Å²) in [5, 5.41) is 13.5. The van der Waals surface area contributed by atoms with Gasteiger partial charge in [-0.3, -0.25) is 4.90 Å². The lowest BCUT2D eigenvalue weighted by molar-refractivity contribution is 0.0816. The second-order valence-corrected chi connectivity index (χ2v) is 6.69. The number of β-amino-alcohol motifs (C(OH)–C–C–N with tert-alkyl or cyclic N) is 1. The number of likely N-dealkylation sites (tertiary alicyclic amines) is 1. The highest BCUT2D eigenvalue weighted by atomic mass is 16.3. The molecular weight excluding hydrogens is 224 g/mol. The molecule has 3 nitrogen and oxygen atoms in total. The monoisotopic (exact) mass is 256 g/mol. The second-order valence-electron chi connectivity index (χ2n) is 6.69. The Hall–Kier alpha value is -0.120. The van der Waals surface area contributed by atoms with Crippen LogP contribution in [0.25, 0.3) is 0 Å². The Morgan fingerprint density at radius 3 is 2.61 bits per heavy atom. The highest BCUT2D eigenvalue weighted by Crippen LogP contribution is 2.19. The Labute approximate surface area is 113 Å². The summed E-state index contributed by atoms with van der Waals surface area (Å²) in [4.78, 5) is 2.50. The fraction of sp³-hybridized carbons (Fsp3) is 1.00. The highest BCUT2D eigenvalue weighted by Gasteiger charge is 2.22. The van der Waals surface area contributed by atoms with Gasteiger partial charge in [0.25, 0.3) is 0 Å². The van der Waals surface area contributed by atoms with Crippen molar-refractivity contribution >= 4 is 0 Å². The molecule has 0 aromatic heterocycles. The second kappa shape index (κ2) is 7.46. The van der Waals surface area contributed by atoms with Crippen LogP contribution in [0.3, 0.4) is 0 Å².